The summed E-state index contributed by atoms with van der Waals surface area (Å²) >= 11 is 0. The lowest BCUT2D eigenvalue weighted by molar-refractivity contribution is 0.0374. The van der Waals surface area contributed by atoms with E-state index in [1.165, 1.54) is 24.0 Å². The van der Waals surface area contributed by atoms with Gasteiger partial charge in [0.1, 0.15) is 0 Å². The molecule has 0 unspecified atom stereocenters. The maximum absolute atomic E-state index is 5.76. The van der Waals surface area contributed by atoms with E-state index in [0.29, 0.717) is 5.41 Å². The molecule has 0 amide bonds. The minimum Gasteiger partial charge on any atom is -0.376 e. The van der Waals surface area contributed by atoms with Crippen molar-refractivity contribution < 1.29 is 4.74 Å². The zero-order valence-corrected chi connectivity index (χ0v) is 10.2. The average Bonchev–Trinajstić information content (AvgIpc) is 2.31. The van der Waals surface area contributed by atoms with Crippen LogP contribution in [0.4, 0.5) is 0 Å². The van der Waals surface area contributed by atoms with Crippen molar-refractivity contribution in [2.45, 2.75) is 24.9 Å². The summed E-state index contributed by atoms with van der Waals surface area (Å²) in [5.74, 6) is 0. The molecule has 2 nitrogen and oxygen atoms in total. The Morgan fingerprint density at radius 3 is 2.69 bits per heavy atom. The lowest BCUT2D eigenvalue weighted by Crippen LogP contribution is -2.45. The zero-order valence-electron chi connectivity index (χ0n) is 9.37. The Balaban J connectivity index is 0.000000963. The molecule has 88 valence electrons. The van der Waals surface area contributed by atoms with Crippen LogP contribution in [0.1, 0.15) is 24.0 Å². The minimum atomic E-state index is 0. The molecule has 3 rings (SSSR count). The van der Waals surface area contributed by atoms with Crippen molar-refractivity contribution in [3.63, 3.8) is 0 Å². The standard InChI is InChI=1S/C13H17NO.ClH/c1-2-4-12-11(3-1)9-15-10-13(12)5-7-14-8-6-13;/h1-4,14H,5-10H2;1H. The van der Waals surface area contributed by atoms with Crippen molar-refractivity contribution in [1.82, 2.24) is 5.32 Å². The number of fused-ring (bicyclic) bond motifs is 2. The summed E-state index contributed by atoms with van der Waals surface area (Å²) in [5, 5.41) is 3.43. The number of rotatable bonds is 0. The molecule has 1 aromatic carbocycles. The van der Waals surface area contributed by atoms with Crippen LogP contribution in [0.5, 0.6) is 0 Å². The van der Waals surface area contributed by atoms with Crippen molar-refractivity contribution >= 4 is 12.4 Å². The Bertz CT molecular complexity index is 361. The quantitative estimate of drug-likeness (QED) is 0.750. The SMILES string of the molecule is Cl.c1ccc2c(c1)COCC21CCNCC1. The van der Waals surface area contributed by atoms with Gasteiger partial charge in [-0.3, -0.25) is 0 Å². The van der Waals surface area contributed by atoms with Gasteiger partial charge < -0.3 is 10.1 Å². The van der Waals surface area contributed by atoms with Gasteiger partial charge in [0.15, 0.2) is 0 Å². The Hall–Kier alpha value is -0.570. The third-order valence-corrected chi connectivity index (χ3v) is 3.79. The Morgan fingerprint density at radius 2 is 1.88 bits per heavy atom. The highest BCUT2D eigenvalue weighted by atomic mass is 35.5. The molecular weight excluding hydrogens is 222 g/mol. The highest BCUT2D eigenvalue weighted by Gasteiger charge is 2.37. The van der Waals surface area contributed by atoms with Gasteiger partial charge in [-0.25, -0.2) is 0 Å². The molecule has 2 aliphatic heterocycles. The van der Waals surface area contributed by atoms with Crippen LogP contribution in [0.2, 0.25) is 0 Å². The first-order chi connectivity index (χ1) is 7.41. The van der Waals surface area contributed by atoms with Gasteiger partial charge in [0.25, 0.3) is 0 Å². The largest absolute Gasteiger partial charge is 0.376 e. The Labute approximate surface area is 103 Å². The monoisotopic (exact) mass is 239 g/mol. The molecule has 1 fully saturated rings. The Morgan fingerprint density at radius 1 is 1.12 bits per heavy atom. The first-order valence-corrected chi connectivity index (χ1v) is 5.78. The van der Waals surface area contributed by atoms with Crippen molar-refractivity contribution in [3.8, 4) is 0 Å². The van der Waals surface area contributed by atoms with Crippen LogP contribution in [0, 0.1) is 0 Å². The summed E-state index contributed by atoms with van der Waals surface area (Å²) < 4.78 is 5.76. The normalized spacial score (nSPS) is 22.2. The molecular formula is C13H18ClNO. The molecule has 0 radical (unpaired) electrons. The molecule has 1 aromatic rings. The molecule has 0 bridgehead atoms. The van der Waals surface area contributed by atoms with Crippen LogP contribution in [0.15, 0.2) is 24.3 Å². The van der Waals surface area contributed by atoms with Crippen molar-refractivity contribution in [1.29, 1.82) is 0 Å². The molecule has 2 heterocycles. The zero-order chi connectivity index (χ0) is 10.1. The van der Waals surface area contributed by atoms with Crippen LogP contribution in [-0.2, 0) is 16.8 Å². The third-order valence-electron chi connectivity index (χ3n) is 3.79. The van der Waals surface area contributed by atoms with Gasteiger partial charge >= 0.3 is 0 Å². The fraction of sp³-hybridized carbons (Fsp3) is 0.538. The molecule has 1 N–H and O–H groups in total. The highest BCUT2D eigenvalue weighted by Crippen LogP contribution is 2.39. The molecule has 0 atom stereocenters. The van der Waals surface area contributed by atoms with Crippen molar-refractivity contribution in [3.05, 3.63) is 35.4 Å². The predicted molar refractivity (Wildman–Crippen MR) is 67.1 cm³/mol. The smallest absolute Gasteiger partial charge is 0.0720 e. The fourth-order valence-corrected chi connectivity index (χ4v) is 2.92. The highest BCUT2D eigenvalue weighted by molar-refractivity contribution is 5.85. The van der Waals surface area contributed by atoms with Crippen LogP contribution in [0.25, 0.3) is 0 Å². The Kier molecular flexibility index (Phi) is 3.53. The molecule has 3 heteroatoms. The van der Waals surface area contributed by atoms with E-state index >= 15 is 0 Å². The van der Waals surface area contributed by atoms with Crippen molar-refractivity contribution in [2.75, 3.05) is 19.7 Å². The van der Waals surface area contributed by atoms with Crippen LogP contribution in [0.3, 0.4) is 0 Å². The van der Waals surface area contributed by atoms with E-state index in [1.807, 2.05) is 0 Å². The minimum absolute atomic E-state index is 0. The summed E-state index contributed by atoms with van der Waals surface area (Å²) in [6.07, 6.45) is 2.42. The van der Waals surface area contributed by atoms with Crippen LogP contribution < -0.4 is 5.32 Å². The molecule has 0 saturated carbocycles. The number of hydrogen-bond donors (Lipinski definition) is 1. The summed E-state index contributed by atoms with van der Waals surface area (Å²) in [6.45, 7) is 3.95. The van der Waals surface area contributed by atoms with E-state index in [-0.39, 0.29) is 12.4 Å². The van der Waals surface area contributed by atoms with Gasteiger partial charge in [0.05, 0.1) is 13.2 Å². The van der Waals surface area contributed by atoms with Gasteiger partial charge in [-0.2, -0.15) is 0 Å². The van der Waals surface area contributed by atoms with E-state index in [1.54, 1.807) is 0 Å². The molecule has 16 heavy (non-hydrogen) atoms. The van der Waals surface area contributed by atoms with Gasteiger partial charge in [0, 0.05) is 5.41 Å². The first-order valence-electron chi connectivity index (χ1n) is 5.78. The first kappa shape index (κ1) is 11.9. The number of piperidine rings is 1. The molecule has 0 aliphatic carbocycles. The van der Waals surface area contributed by atoms with Gasteiger partial charge in [0.2, 0.25) is 0 Å². The average molecular weight is 240 g/mol. The lowest BCUT2D eigenvalue weighted by atomic mass is 9.71. The summed E-state index contributed by atoms with van der Waals surface area (Å²) in [5.41, 5.74) is 3.24. The predicted octanol–water partition coefficient (Wildman–Crippen LogP) is 2.26. The number of ether oxygens (including phenoxy) is 1. The van der Waals surface area contributed by atoms with Crippen LogP contribution >= 0.6 is 12.4 Å². The molecule has 1 spiro atoms. The number of halogens is 1. The molecule has 0 aromatic heterocycles. The van der Waals surface area contributed by atoms with Gasteiger partial charge in [-0.1, -0.05) is 24.3 Å². The second-order valence-corrected chi connectivity index (χ2v) is 4.68. The number of hydrogen-bond acceptors (Lipinski definition) is 2. The van der Waals surface area contributed by atoms with E-state index in [4.69, 9.17) is 4.74 Å². The topological polar surface area (TPSA) is 21.3 Å². The third kappa shape index (κ3) is 1.86. The number of nitrogens with one attached hydrogen (secondary N) is 1. The van der Waals surface area contributed by atoms with E-state index in [9.17, 15) is 0 Å². The number of benzene rings is 1. The second-order valence-electron chi connectivity index (χ2n) is 4.68. The molecule has 2 aliphatic rings. The maximum atomic E-state index is 5.76. The van der Waals surface area contributed by atoms with E-state index < -0.39 is 0 Å². The van der Waals surface area contributed by atoms with Crippen LogP contribution in [-0.4, -0.2) is 19.7 Å². The molecule has 1 saturated heterocycles. The summed E-state index contributed by atoms with van der Waals surface area (Å²) in [7, 11) is 0. The van der Waals surface area contributed by atoms with Gasteiger partial charge in [-0.05, 0) is 37.1 Å². The van der Waals surface area contributed by atoms with E-state index in [0.717, 1.165) is 26.3 Å². The van der Waals surface area contributed by atoms with Gasteiger partial charge in [-0.15, -0.1) is 12.4 Å². The summed E-state index contributed by atoms with van der Waals surface area (Å²) in [6, 6.07) is 8.78. The van der Waals surface area contributed by atoms with Crippen molar-refractivity contribution in [2.24, 2.45) is 0 Å². The second kappa shape index (κ2) is 4.74. The summed E-state index contributed by atoms with van der Waals surface area (Å²) in [4.78, 5) is 0. The van der Waals surface area contributed by atoms with E-state index in [2.05, 4.69) is 29.6 Å². The fourth-order valence-electron chi connectivity index (χ4n) is 2.92. The maximum Gasteiger partial charge on any atom is 0.0720 e. The lowest BCUT2D eigenvalue weighted by Gasteiger charge is -2.42.